The number of amides is 1. The maximum absolute atomic E-state index is 12.2. The van der Waals surface area contributed by atoms with E-state index in [1.165, 1.54) is 0 Å². The van der Waals surface area contributed by atoms with Crippen molar-refractivity contribution in [1.29, 1.82) is 0 Å². The summed E-state index contributed by atoms with van der Waals surface area (Å²) in [4.78, 5) is 16.3. The monoisotopic (exact) mass is 368 g/mol. The minimum atomic E-state index is -0.466. The zero-order chi connectivity index (χ0) is 19.3. The van der Waals surface area contributed by atoms with Crippen LogP contribution in [0.25, 0.3) is 0 Å². The number of carbonyl (C=O) groups is 1. The molecule has 1 heterocycles. The topological polar surface area (TPSA) is 42.0 Å². The first-order valence-electron chi connectivity index (χ1n) is 9.41. The molecule has 27 heavy (non-hydrogen) atoms. The van der Waals surface area contributed by atoms with Crippen molar-refractivity contribution in [3.63, 3.8) is 0 Å². The molecule has 0 bridgehead atoms. The van der Waals surface area contributed by atoms with Crippen molar-refractivity contribution in [3.8, 4) is 5.75 Å². The Morgan fingerprint density at radius 1 is 0.926 bits per heavy atom. The lowest BCUT2D eigenvalue weighted by Gasteiger charge is -2.37. The Labute approximate surface area is 161 Å². The molecule has 1 aliphatic rings. The van der Waals surface area contributed by atoms with Crippen LogP contribution in [0.4, 0.5) is 10.5 Å². The third-order valence-corrected chi connectivity index (χ3v) is 4.37. The van der Waals surface area contributed by atoms with Gasteiger partial charge in [-0.2, -0.15) is 0 Å². The summed E-state index contributed by atoms with van der Waals surface area (Å²) >= 11 is 0. The van der Waals surface area contributed by atoms with Gasteiger partial charge in [-0.05, 0) is 38.5 Å². The minimum Gasteiger partial charge on any atom is -0.487 e. The van der Waals surface area contributed by atoms with Crippen molar-refractivity contribution in [1.82, 2.24) is 4.90 Å². The Kier molecular flexibility index (Phi) is 5.89. The third kappa shape index (κ3) is 5.39. The first-order chi connectivity index (χ1) is 12.9. The molecule has 0 atom stereocenters. The van der Waals surface area contributed by atoms with E-state index in [2.05, 4.69) is 23.1 Å². The predicted octanol–water partition coefficient (Wildman–Crippen LogP) is 4.32. The maximum atomic E-state index is 12.2. The molecular weight excluding hydrogens is 340 g/mol. The van der Waals surface area contributed by atoms with Gasteiger partial charge in [0.15, 0.2) is 0 Å². The van der Waals surface area contributed by atoms with Crippen LogP contribution in [0.2, 0.25) is 0 Å². The second kappa shape index (κ2) is 8.33. The summed E-state index contributed by atoms with van der Waals surface area (Å²) in [6.07, 6.45) is -0.240. The molecule has 5 heteroatoms. The summed E-state index contributed by atoms with van der Waals surface area (Å²) in [5, 5.41) is 0. The van der Waals surface area contributed by atoms with E-state index in [0.717, 1.165) is 30.1 Å². The van der Waals surface area contributed by atoms with Gasteiger partial charge in [0.1, 0.15) is 18.0 Å². The number of rotatable bonds is 4. The average Bonchev–Trinajstić information content (AvgIpc) is 2.66. The van der Waals surface area contributed by atoms with E-state index in [0.29, 0.717) is 19.7 Å². The molecule has 1 fully saturated rings. The lowest BCUT2D eigenvalue weighted by molar-refractivity contribution is 0.0240. The standard InChI is InChI=1S/C22H28N2O3/c1-22(2,3)27-21(25)24-15-13-23(14-16-24)19-11-7-8-12-20(19)26-17-18-9-5-4-6-10-18/h4-12H,13-17H2,1-3H3. The predicted molar refractivity (Wildman–Crippen MR) is 107 cm³/mol. The van der Waals surface area contributed by atoms with Crippen molar-refractivity contribution in [2.45, 2.75) is 33.0 Å². The molecule has 2 aromatic carbocycles. The van der Waals surface area contributed by atoms with Gasteiger partial charge in [-0.1, -0.05) is 42.5 Å². The Morgan fingerprint density at radius 3 is 2.22 bits per heavy atom. The molecule has 0 spiro atoms. The van der Waals surface area contributed by atoms with E-state index in [4.69, 9.17) is 9.47 Å². The fourth-order valence-corrected chi connectivity index (χ4v) is 3.03. The fraction of sp³-hybridized carbons (Fsp3) is 0.409. The van der Waals surface area contributed by atoms with Gasteiger partial charge in [-0.15, -0.1) is 0 Å². The van der Waals surface area contributed by atoms with Crippen molar-refractivity contribution in [2.24, 2.45) is 0 Å². The van der Waals surface area contributed by atoms with E-state index in [9.17, 15) is 4.79 Å². The highest BCUT2D eigenvalue weighted by atomic mass is 16.6. The van der Waals surface area contributed by atoms with Crippen LogP contribution in [0.5, 0.6) is 5.75 Å². The number of hydrogen-bond acceptors (Lipinski definition) is 4. The molecular formula is C22H28N2O3. The Morgan fingerprint density at radius 2 is 1.56 bits per heavy atom. The number of carbonyl (C=O) groups excluding carboxylic acids is 1. The van der Waals surface area contributed by atoms with Crippen LogP contribution in [0.1, 0.15) is 26.3 Å². The first kappa shape index (κ1) is 19.1. The number of para-hydroxylation sites is 2. The summed E-state index contributed by atoms with van der Waals surface area (Å²) in [5.41, 5.74) is 1.74. The van der Waals surface area contributed by atoms with Crippen molar-refractivity contribution in [2.75, 3.05) is 31.1 Å². The molecule has 0 aromatic heterocycles. The quantitative estimate of drug-likeness (QED) is 0.806. The summed E-state index contributed by atoms with van der Waals surface area (Å²) in [7, 11) is 0. The van der Waals surface area contributed by atoms with Gasteiger partial charge >= 0.3 is 6.09 Å². The smallest absolute Gasteiger partial charge is 0.410 e. The lowest BCUT2D eigenvalue weighted by Crippen LogP contribution is -2.50. The van der Waals surface area contributed by atoms with Gasteiger partial charge < -0.3 is 19.3 Å². The number of hydrogen-bond donors (Lipinski definition) is 0. The zero-order valence-corrected chi connectivity index (χ0v) is 16.4. The highest BCUT2D eigenvalue weighted by Crippen LogP contribution is 2.29. The van der Waals surface area contributed by atoms with Crippen LogP contribution in [0, 0.1) is 0 Å². The molecule has 0 saturated carbocycles. The van der Waals surface area contributed by atoms with E-state index in [-0.39, 0.29) is 6.09 Å². The van der Waals surface area contributed by atoms with Gasteiger partial charge in [0.05, 0.1) is 5.69 Å². The second-order valence-corrected chi connectivity index (χ2v) is 7.70. The largest absolute Gasteiger partial charge is 0.487 e. The number of anilines is 1. The molecule has 1 aliphatic heterocycles. The van der Waals surface area contributed by atoms with Crippen LogP contribution >= 0.6 is 0 Å². The van der Waals surface area contributed by atoms with Crippen molar-refractivity contribution in [3.05, 3.63) is 60.2 Å². The van der Waals surface area contributed by atoms with E-state index in [1.807, 2.05) is 57.2 Å². The molecule has 3 rings (SSSR count). The fourth-order valence-electron chi connectivity index (χ4n) is 3.03. The number of ether oxygens (including phenoxy) is 2. The number of nitrogens with zero attached hydrogens (tertiary/aromatic N) is 2. The first-order valence-corrected chi connectivity index (χ1v) is 9.41. The molecule has 144 valence electrons. The summed E-state index contributed by atoms with van der Waals surface area (Å²) in [6, 6.07) is 18.2. The molecule has 0 N–H and O–H groups in total. The van der Waals surface area contributed by atoms with Crippen LogP contribution < -0.4 is 9.64 Å². The molecule has 5 nitrogen and oxygen atoms in total. The highest BCUT2D eigenvalue weighted by molar-refractivity contribution is 5.69. The molecule has 0 unspecified atom stereocenters. The zero-order valence-electron chi connectivity index (χ0n) is 16.4. The maximum Gasteiger partial charge on any atom is 0.410 e. The normalized spacial score (nSPS) is 14.8. The van der Waals surface area contributed by atoms with Gasteiger partial charge in [0.2, 0.25) is 0 Å². The van der Waals surface area contributed by atoms with Gasteiger partial charge in [-0.3, -0.25) is 0 Å². The summed E-state index contributed by atoms with van der Waals surface area (Å²) < 4.78 is 11.5. The highest BCUT2D eigenvalue weighted by Gasteiger charge is 2.26. The SMILES string of the molecule is CC(C)(C)OC(=O)N1CCN(c2ccccc2OCc2ccccc2)CC1. The molecule has 1 amide bonds. The van der Waals surface area contributed by atoms with Crippen LogP contribution in [-0.2, 0) is 11.3 Å². The van der Waals surface area contributed by atoms with Crippen LogP contribution in [0.15, 0.2) is 54.6 Å². The number of piperazine rings is 1. The van der Waals surface area contributed by atoms with Crippen LogP contribution in [0.3, 0.4) is 0 Å². The minimum absolute atomic E-state index is 0.240. The average molecular weight is 368 g/mol. The summed E-state index contributed by atoms with van der Waals surface area (Å²) in [5.74, 6) is 0.868. The molecule has 0 radical (unpaired) electrons. The van der Waals surface area contributed by atoms with Gasteiger partial charge in [0, 0.05) is 26.2 Å². The lowest BCUT2D eigenvalue weighted by atomic mass is 10.2. The summed E-state index contributed by atoms with van der Waals surface area (Å²) in [6.45, 7) is 9.00. The van der Waals surface area contributed by atoms with E-state index >= 15 is 0 Å². The molecule has 1 saturated heterocycles. The van der Waals surface area contributed by atoms with Gasteiger partial charge in [-0.25, -0.2) is 4.79 Å². The van der Waals surface area contributed by atoms with E-state index < -0.39 is 5.60 Å². The van der Waals surface area contributed by atoms with Crippen molar-refractivity contribution >= 4 is 11.8 Å². The Bertz CT molecular complexity index is 748. The Hall–Kier alpha value is -2.69. The van der Waals surface area contributed by atoms with Gasteiger partial charge in [0.25, 0.3) is 0 Å². The van der Waals surface area contributed by atoms with Crippen molar-refractivity contribution < 1.29 is 14.3 Å². The van der Waals surface area contributed by atoms with E-state index in [1.54, 1.807) is 4.90 Å². The molecule has 2 aromatic rings. The third-order valence-electron chi connectivity index (χ3n) is 4.37. The molecule has 0 aliphatic carbocycles. The Balaban J connectivity index is 1.60. The number of benzene rings is 2. The second-order valence-electron chi connectivity index (χ2n) is 7.70. The van der Waals surface area contributed by atoms with Crippen LogP contribution in [-0.4, -0.2) is 42.8 Å².